The molecule has 0 bridgehead atoms. The number of rotatable bonds is 4. The minimum Gasteiger partial charge on any atom is -0.465 e. The van der Waals surface area contributed by atoms with Crippen LogP contribution in [0.1, 0.15) is 23.2 Å². The van der Waals surface area contributed by atoms with Crippen molar-refractivity contribution < 1.29 is 14.3 Å². The Labute approximate surface area is 120 Å². The first kappa shape index (κ1) is 14.3. The van der Waals surface area contributed by atoms with Gasteiger partial charge in [0, 0.05) is 30.4 Å². The summed E-state index contributed by atoms with van der Waals surface area (Å²) in [6.45, 7) is 2.41. The van der Waals surface area contributed by atoms with Gasteiger partial charge in [-0.15, -0.1) is 0 Å². The zero-order valence-corrected chi connectivity index (χ0v) is 12.4. The lowest BCUT2D eigenvalue weighted by molar-refractivity contribution is 0.0600. The Morgan fingerprint density at radius 1 is 1.58 bits per heavy atom. The first-order valence-electron chi connectivity index (χ1n) is 6.26. The lowest BCUT2D eigenvalue weighted by Crippen LogP contribution is -2.23. The normalized spacial score (nSPS) is 16.1. The second-order valence-electron chi connectivity index (χ2n) is 4.48. The van der Waals surface area contributed by atoms with Crippen molar-refractivity contribution in [3.63, 3.8) is 0 Å². The molecule has 0 unspecified atom stereocenters. The Hall–Kier alpha value is -1.14. The van der Waals surface area contributed by atoms with Gasteiger partial charge in [0.05, 0.1) is 7.11 Å². The molecule has 6 heteroatoms. The van der Waals surface area contributed by atoms with Crippen LogP contribution in [0, 0.1) is 5.92 Å². The number of carbonyl (C=O) groups excluding carboxylic acids is 1. The Bertz CT molecular complexity index is 448. The number of carbonyl (C=O) groups is 1. The van der Waals surface area contributed by atoms with Gasteiger partial charge in [0.25, 0.3) is 0 Å². The van der Waals surface area contributed by atoms with E-state index in [1.54, 1.807) is 12.3 Å². The van der Waals surface area contributed by atoms with Crippen LogP contribution >= 0.6 is 15.9 Å². The van der Waals surface area contributed by atoms with Gasteiger partial charge in [-0.25, -0.2) is 9.78 Å². The SMILES string of the molecule is COC(=O)c1cc(Br)cnc1NCC1CCOCC1. The van der Waals surface area contributed by atoms with E-state index in [4.69, 9.17) is 9.47 Å². The molecule has 0 radical (unpaired) electrons. The highest BCUT2D eigenvalue weighted by molar-refractivity contribution is 9.10. The lowest BCUT2D eigenvalue weighted by Gasteiger charge is -2.22. The minimum atomic E-state index is -0.386. The van der Waals surface area contributed by atoms with Gasteiger partial charge in [0.2, 0.25) is 0 Å². The van der Waals surface area contributed by atoms with Crippen LogP contribution in [0.15, 0.2) is 16.7 Å². The van der Waals surface area contributed by atoms with E-state index >= 15 is 0 Å². The van der Waals surface area contributed by atoms with Crippen molar-refractivity contribution in [2.45, 2.75) is 12.8 Å². The van der Waals surface area contributed by atoms with Gasteiger partial charge in [-0.2, -0.15) is 0 Å². The van der Waals surface area contributed by atoms with Crippen molar-refractivity contribution in [2.75, 3.05) is 32.2 Å². The molecule has 104 valence electrons. The van der Waals surface area contributed by atoms with Gasteiger partial charge >= 0.3 is 5.97 Å². The van der Waals surface area contributed by atoms with E-state index < -0.39 is 0 Å². The molecule has 1 N–H and O–H groups in total. The van der Waals surface area contributed by atoms with E-state index in [1.165, 1.54) is 7.11 Å². The molecule has 1 fully saturated rings. The molecule has 1 aliphatic heterocycles. The highest BCUT2D eigenvalue weighted by Crippen LogP contribution is 2.21. The first-order valence-corrected chi connectivity index (χ1v) is 7.05. The molecule has 5 nitrogen and oxygen atoms in total. The second-order valence-corrected chi connectivity index (χ2v) is 5.39. The van der Waals surface area contributed by atoms with Crippen molar-refractivity contribution in [1.29, 1.82) is 0 Å². The molecular weight excluding hydrogens is 312 g/mol. The fraction of sp³-hybridized carbons (Fsp3) is 0.538. The number of aromatic nitrogens is 1. The molecule has 2 heterocycles. The van der Waals surface area contributed by atoms with E-state index in [0.717, 1.165) is 37.1 Å². The number of hydrogen-bond donors (Lipinski definition) is 1. The molecule has 2 rings (SSSR count). The fourth-order valence-corrected chi connectivity index (χ4v) is 2.37. The lowest BCUT2D eigenvalue weighted by atomic mass is 10.0. The maximum atomic E-state index is 11.7. The molecule has 0 aliphatic carbocycles. The van der Waals surface area contributed by atoms with E-state index in [-0.39, 0.29) is 5.97 Å². The number of anilines is 1. The van der Waals surface area contributed by atoms with Gasteiger partial charge in [0.15, 0.2) is 0 Å². The van der Waals surface area contributed by atoms with Crippen molar-refractivity contribution in [3.05, 3.63) is 22.3 Å². The molecule has 0 spiro atoms. The average molecular weight is 329 g/mol. The molecule has 0 saturated carbocycles. The van der Waals surface area contributed by atoms with Crippen molar-refractivity contribution in [2.24, 2.45) is 5.92 Å². The molecule has 0 atom stereocenters. The monoisotopic (exact) mass is 328 g/mol. The third kappa shape index (κ3) is 3.91. The first-order chi connectivity index (χ1) is 9.20. The third-order valence-electron chi connectivity index (χ3n) is 3.16. The summed E-state index contributed by atoms with van der Waals surface area (Å²) in [5.41, 5.74) is 0.448. The van der Waals surface area contributed by atoms with Crippen LogP contribution in [-0.4, -0.2) is 37.8 Å². The van der Waals surface area contributed by atoms with E-state index in [9.17, 15) is 4.79 Å². The number of nitrogens with one attached hydrogen (secondary N) is 1. The zero-order valence-electron chi connectivity index (χ0n) is 10.8. The number of ether oxygens (including phenoxy) is 2. The Kier molecular flexibility index (Phi) is 5.15. The minimum absolute atomic E-state index is 0.386. The van der Waals surface area contributed by atoms with Crippen LogP contribution in [-0.2, 0) is 9.47 Å². The van der Waals surface area contributed by atoms with Crippen LogP contribution in [0.2, 0.25) is 0 Å². The summed E-state index contributed by atoms with van der Waals surface area (Å²) in [4.78, 5) is 15.9. The quantitative estimate of drug-likeness (QED) is 0.860. The number of halogens is 1. The molecule has 1 aromatic heterocycles. The number of nitrogens with zero attached hydrogens (tertiary/aromatic N) is 1. The molecule has 19 heavy (non-hydrogen) atoms. The average Bonchev–Trinajstić information content (AvgIpc) is 2.46. The number of pyridine rings is 1. The fourth-order valence-electron chi connectivity index (χ4n) is 2.04. The molecule has 1 aromatic rings. The smallest absolute Gasteiger partial charge is 0.341 e. The number of hydrogen-bond acceptors (Lipinski definition) is 5. The van der Waals surface area contributed by atoms with Crippen molar-refractivity contribution >= 4 is 27.7 Å². The summed E-state index contributed by atoms with van der Waals surface area (Å²) in [7, 11) is 1.37. The second kappa shape index (κ2) is 6.86. The summed E-state index contributed by atoms with van der Waals surface area (Å²) in [5, 5.41) is 3.24. The summed E-state index contributed by atoms with van der Waals surface area (Å²) in [6.07, 6.45) is 3.74. The van der Waals surface area contributed by atoms with E-state index in [1.807, 2.05) is 0 Å². The molecule has 0 aromatic carbocycles. The highest BCUT2D eigenvalue weighted by atomic mass is 79.9. The van der Waals surface area contributed by atoms with E-state index in [2.05, 4.69) is 26.2 Å². The predicted octanol–water partition coefficient (Wildman–Crippen LogP) is 2.47. The third-order valence-corrected chi connectivity index (χ3v) is 3.59. The van der Waals surface area contributed by atoms with Crippen LogP contribution in [0.4, 0.5) is 5.82 Å². The summed E-state index contributed by atoms with van der Waals surface area (Å²) < 4.78 is 10.8. The molecule has 0 amide bonds. The molecule has 1 saturated heterocycles. The largest absolute Gasteiger partial charge is 0.465 e. The topological polar surface area (TPSA) is 60.5 Å². The standard InChI is InChI=1S/C13H17BrN2O3/c1-18-13(17)11-6-10(14)8-16-12(11)15-7-9-2-4-19-5-3-9/h6,8-9H,2-5,7H2,1H3,(H,15,16). The van der Waals surface area contributed by atoms with Crippen molar-refractivity contribution in [1.82, 2.24) is 4.98 Å². The van der Waals surface area contributed by atoms with Gasteiger partial charge < -0.3 is 14.8 Å². The molecular formula is C13H17BrN2O3. The number of methoxy groups -OCH3 is 1. The van der Waals surface area contributed by atoms with Gasteiger partial charge in [-0.05, 0) is 40.8 Å². The predicted molar refractivity (Wildman–Crippen MR) is 75.3 cm³/mol. The number of esters is 1. The summed E-state index contributed by atoms with van der Waals surface area (Å²) in [5.74, 6) is 0.745. The summed E-state index contributed by atoms with van der Waals surface area (Å²) >= 11 is 3.31. The van der Waals surface area contributed by atoms with Crippen LogP contribution in [0.5, 0.6) is 0 Å². The van der Waals surface area contributed by atoms with Crippen LogP contribution in [0.3, 0.4) is 0 Å². The Balaban J connectivity index is 2.04. The maximum absolute atomic E-state index is 11.7. The van der Waals surface area contributed by atoms with E-state index in [0.29, 0.717) is 17.3 Å². The van der Waals surface area contributed by atoms with Crippen LogP contribution < -0.4 is 5.32 Å². The Morgan fingerprint density at radius 3 is 3.00 bits per heavy atom. The van der Waals surface area contributed by atoms with Gasteiger partial charge in [-0.3, -0.25) is 0 Å². The molecule has 1 aliphatic rings. The van der Waals surface area contributed by atoms with Gasteiger partial charge in [-0.1, -0.05) is 0 Å². The summed E-state index contributed by atoms with van der Waals surface area (Å²) in [6, 6.07) is 1.71. The highest BCUT2D eigenvalue weighted by Gasteiger charge is 2.17. The van der Waals surface area contributed by atoms with Crippen LogP contribution in [0.25, 0.3) is 0 Å². The van der Waals surface area contributed by atoms with Crippen molar-refractivity contribution in [3.8, 4) is 0 Å². The Morgan fingerprint density at radius 2 is 2.32 bits per heavy atom. The maximum Gasteiger partial charge on any atom is 0.341 e. The zero-order chi connectivity index (χ0) is 13.7. The van der Waals surface area contributed by atoms with Gasteiger partial charge in [0.1, 0.15) is 11.4 Å².